The van der Waals surface area contributed by atoms with Crippen LogP contribution >= 0.6 is 0 Å². The first kappa shape index (κ1) is 16.3. The van der Waals surface area contributed by atoms with Gasteiger partial charge in [0, 0.05) is 19.6 Å². The van der Waals surface area contributed by atoms with Crippen LogP contribution in [-0.4, -0.2) is 36.1 Å². The van der Waals surface area contributed by atoms with Crippen molar-refractivity contribution < 1.29 is 9.53 Å². The average molecular weight is 281 g/mol. The molecule has 0 saturated heterocycles. The Morgan fingerprint density at radius 3 is 2.70 bits per heavy atom. The molecule has 112 valence electrons. The summed E-state index contributed by atoms with van der Waals surface area (Å²) in [5.74, 6) is 6.09. The summed E-state index contributed by atoms with van der Waals surface area (Å²) in [4.78, 5) is 20.6. The molecule has 0 aromatic carbocycles. The van der Waals surface area contributed by atoms with Crippen molar-refractivity contribution in [2.75, 3.05) is 25.7 Å². The quantitative estimate of drug-likeness (QED) is 0.507. The third-order valence-corrected chi connectivity index (χ3v) is 2.76. The number of nitrogen functional groups attached to an aromatic ring is 1. The number of nitrogens with zero attached hydrogens (tertiary/aromatic N) is 2. The summed E-state index contributed by atoms with van der Waals surface area (Å²) in [5, 5.41) is 2.82. The van der Waals surface area contributed by atoms with E-state index in [4.69, 9.17) is 10.6 Å². The first-order valence-electron chi connectivity index (χ1n) is 6.60. The molecule has 0 spiro atoms. The van der Waals surface area contributed by atoms with Crippen LogP contribution in [0, 0.1) is 5.92 Å². The molecular weight excluding hydrogens is 258 g/mol. The number of rotatable bonds is 7. The Morgan fingerprint density at radius 1 is 1.45 bits per heavy atom. The van der Waals surface area contributed by atoms with Gasteiger partial charge in [-0.3, -0.25) is 10.6 Å². The van der Waals surface area contributed by atoms with E-state index in [1.165, 1.54) is 6.20 Å². The molecule has 0 saturated carbocycles. The molecule has 1 aromatic rings. The van der Waals surface area contributed by atoms with E-state index in [9.17, 15) is 4.79 Å². The van der Waals surface area contributed by atoms with Crippen molar-refractivity contribution in [3.8, 4) is 0 Å². The number of nitrogens with one attached hydrogen (secondary N) is 2. The number of hydrogen-bond donors (Lipinski definition) is 3. The number of nitrogens with two attached hydrogens (primary N) is 1. The number of hydrazine groups is 1. The van der Waals surface area contributed by atoms with Crippen LogP contribution in [0.25, 0.3) is 0 Å². The lowest BCUT2D eigenvalue weighted by molar-refractivity contribution is 0.0929. The second kappa shape index (κ2) is 7.76. The number of ether oxygens (including phenoxy) is 1. The zero-order valence-electron chi connectivity index (χ0n) is 12.4. The molecule has 7 heteroatoms. The first-order chi connectivity index (χ1) is 9.49. The average Bonchev–Trinajstić information content (AvgIpc) is 2.44. The zero-order chi connectivity index (χ0) is 15.1. The van der Waals surface area contributed by atoms with E-state index < -0.39 is 0 Å². The van der Waals surface area contributed by atoms with Crippen LogP contribution in [0.3, 0.4) is 0 Å². The fourth-order valence-electron chi connectivity index (χ4n) is 1.65. The van der Waals surface area contributed by atoms with E-state index in [1.54, 1.807) is 7.11 Å². The van der Waals surface area contributed by atoms with Crippen molar-refractivity contribution in [3.05, 3.63) is 17.7 Å². The number of carbonyl (C=O) groups excluding carboxylic acids is 1. The smallest absolute Gasteiger partial charge is 0.272 e. The summed E-state index contributed by atoms with van der Waals surface area (Å²) in [6, 6.07) is 0. The van der Waals surface area contributed by atoms with Gasteiger partial charge in [-0.1, -0.05) is 20.8 Å². The second-order valence-corrected chi connectivity index (χ2v) is 5.06. The van der Waals surface area contributed by atoms with Crippen LogP contribution in [0.15, 0.2) is 6.20 Å². The van der Waals surface area contributed by atoms with Gasteiger partial charge in [-0.25, -0.2) is 9.97 Å². The third kappa shape index (κ3) is 4.43. The lowest BCUT2D eigenvalue weighted by Crippen LogP contribution is -2.32. The monoisotopic (exact) mass is 281 g/mol. The van der Waals surface area contributed by atoms with Crippen molar-refractivity contribution in [2.45, 2.75) is 26.7 Å². The summed E-state index contributed by atoms with van der Waals surface area (Å²) < 4.78 is 5.03. The van der Waals surface area contributed by atoms with Gasteiger partial charge < -0.3 is 15.5 Å². The largest absolute Gasteiger partial charge is 0.384 e. The van der Waals surface area contributed by atoms with Crippen LogP contribution in [0.5, 0.6) is 0 Å². The molecule has 7 nitrogen and oxygen atoms in total. The van der Waals surface area contributed by atoms with Gasteiger partial charge in [0.05, 0.1) is 18.5 Å². The lowest BCUT2D eigenvalue weighted by Gasteiger charge is -2.14. The van der Waals surface area contributed by atoms with Crippen LogP contribution < -0.4 is 16.6 Å². The number of amides is 1. The van der Waals surface area contributed by atoms with E-state index in [1.807, 2.05) is 20.8 Å². The van der Waals surface area contributed by atoms with Gasteiger partial charge in [0.15, 0.2) is 5.69 Å². The van der Waals surface area contributed by atoms with Gasteiger partial charge in [-0.2, -0.15) is 0 Å². The van der Waals surface area contributed by atoms with E-state index in [0.29, 0.717) is 24.7 Å². The molecule has 0 radical (unpaired) electrons. The minimum Gasteiger partial charge on any atom is -0.384 e. The van der Waals surface area contributed by atoms with E-state index >= 15 is 0 Å². The van der Waals surface area contributed by atoms with Crippen LogP contribution in [0.4, 0.5) is 5.69 Å². The number of aromatic nitrogens is 2. The standard InChI is InChI=1S/C13H23N5O2/c1-8(2)12-15-6-10(18-14)11(17-12)13(19)16-5-9(3)7-20-4/h6,8-9,18H,5,7,14H2,1-4H3,(H,16,19). The van der Waals surface area contributed by atoms with E-state index in [2.05, 4.69) is 20.7 Å². The molecule has 1 unspecified atom stereocenters. The van der Waals surface area contributed by atoms with Crippen molar-refractivity contribution >= 4 is 11.6 Å². The lowest BCUT2D eigenvalue weighted by atomic mass is 10.2. The van der Waals surface area contributed by atoms with Crippen LogP contribution in [0.2, 0.25) is 0 Å². The molecule has 1 heterocycles. The molecular formula is C13H23N5O2. The predicted molar refractivity (Wildman–Crippen MR) is 77.3 cm³/mol. The zero-order valence-corrected chi connectivity index (χ0v) is 12.4. The van der Waals surface area contributed by atoms with Gasteiger partial charge in [-0.05, 0) is 5.92 Å². The maximum absolute atomic E-state index is 12.2. The first-order valence-corrected chi connectivity index (χ1v) is 6.60. The Hall–Kier alpha value is -1.73. The van der Waals surface area contributed by atoms with Crippen LogP contribution in [-0.2, 0) is 4.74 Å². The van der Waals surface area contributed by atoms with Gasteiger partial charge >= 0.3 is 0 Å². The minimum absolute atomic E-state index is 0.140. The minimum atomic E-state index is -0.273. The van der Waals surface area contributed by atoms with E-state index in [-0.39, 0.29) is 23.4 Å². The highest BCUT2D eigenvalue weighted by Crippen LogP contribution is 2.15. The molecule has 0 bridgehead atoms. The molecule has 1 aromatic heterocycles. The Balaban J connectivity index is 2.82. The summed E-state index contributed by atoms with van der Waals surface area (Å²) >= 11 is 0. The summed E-state index contributed by atoms with van der Waals surface area (Å²) in [6.45, 7) is 7.02. The van der Waals surface area contributed by atoms with Crippen molar-refractivity contribution in [1.29, 1.82) is 0 Å². The topological polar surface area (TPSA) is 102 Å². The maximum Gasteiger partial charge on any atom is 0.272 e. The molecule has 0 fully saturated rings. The Labute approximate surface area is 119 Å². The number of carbonyl (C=O) groups is 1. The Bertz CT molecular complexity index is 450. The highest BCUT2D eigenvalue weighted by Gasteiger charge is 2.16. The van der Waals surface area contributed by atoms with Gasteiger partial charge in [-0.15, -0.1) is 0 Å². The van der Waals surface area contributed by atoms with E-state index in [0.717, 1.165) is 0 Å². The summed E-state index contributed by atoms with van der Waals surface area (Å²) in [7, 11) is 1.63. The maximum atomic E-state index is 12.2. The SMILES string of the molecule is COCC(C)CNC(=O)c1nc(C(C)C)ncc1NN. The second-order valence-electron chi connectivity index (χ2n) is 5.06. The molecule has 0 aliphatic heterocycles. The normalized spacial score (nSPS) is 12.3. The van der Waals surface area contributed by atoms with Gasteiger partial charge in [0.2, 0.25) is 0 Å². The van der Waals surface area contributed by atoms with Crippen LogP contribution in [0.1, 0.15) is 43.0 Å². The number of anilines is 1. The third-order valence-electron chi connectivity index (χ3n) is 2.76. The Kier molecular flexibility index (Phi) is 6.33. The van der Waals surface area contributed by atoms with Crippen molar-refractivity contribution in [2.24, 2.45) is 11.8 Å². The molecule has 0 aliphatic rings. The Morgan fingerprint density at radius 2 is 2.15 bits per heavy atom. The van der Waals surface area contributed by atoms with Crippen molar-refractivity contribution in [3.63, 3.8) is 0 Å². The molecule has 1 rings (SSSR count). The number of hydrogen-bond acceptors (Lipinski definition) is 6. The highest BCUT2D eigenvalue weighted by atomic mass is 16.5. The highest BCUT2D eigenvalue weighted by molar-refractivity contribution is 5.97. The predicted octanol–water partition coefficient (Wildman–Crippen LogP) is 0.898. The number of methoxy groups -OCH3 is 1. The summed E-state index contributed by atoms with van der Waals surface area (Å²) in [6.07, 6.45) is 1.52. The van der Waals surface area contributed by atoms with Crippen molar-refractivity contribution in [1.82, 2.24) is 15.3 Å². The molecule has 1 amide bonds. The fraction of sp³-hybridized carbons (Fsp3) is 0.615. The van der Waals surface area contributed by atoms with Gasteiger partial charge in [0.25, 0.3) is 5.91 Å². The fourth-order valence-corrected chi connectivity index (χ4v) is 1.65. The molecule has 0 aliphatic carbocycles. The summed E-state index contributed by atoms with van der Waals surface area (Å²) in [5.41, 5.74) is 3.11. The molecule has 1 atom stereocenters. The van der Waals surface area contributed by atoms with Gasteiger partial charge in [0.1, 0.15) is 5.82 Å². The molecule has 20 heavy (non-hydrogen) atoms. The molecule has 4 N–H and O–H groups in total.